The van der Waals surface area contributed by atoms with Gasteiger partial charge < -0.3 is 5.11 Å². The van der Waals surface area contributed by atoms with E-state index >= 15 is 0 Å². The molecule has 1 fully saturated rings. The predicted molar refractivity (Wildman–Crippen MR) is 70.6 cm³/mol. The molecule has 1 aromatic rings. The number of aromatic carboxylic acids is 1. The fourth-order valence-electron chi connectivity index (χ4n) is 2.06. The highest BCUT2D eigenvalue weighted by Crippen LogP contribution is 2.33. The standard InChI is InChI=1S/C13H16FNO4S/c1-7-11(14)5-10(13(16)17)6-12(7)20(18,19)15-8(2)9-3-4-9/h5-6,8-9,15H,3-4H2,1-2H3,(H,16,17). The van der Waals surface area contributed by atoms with Gasteiger partial charge in [-0.2, -0.15) is 0 Å². The van der Waals surface area contributed by atoms with Crippen LogP contribution in [0.4, 0.5) is 4.39 Å². The van der Waals surface area contributed by atoms with Gasteiger partial charge in [0.05, 0.1) is 10.5 Å². The summed E-state index contributed by atoms with van der Waals surface area (Å²) in [5, 5.41) is 8.89. The molecule has 0 aromatic heterocycles. The summed E-state index contributed by atoms with van der Waals surface area (Å²) < 4.78 is 40.7. The Hall–Kier alpha value is -1.47. The van der Waals surface area contributed by atoms with Gasteiger partial charge in [-0.3, -0.25) is 0 Å². The van der Waals surface area contributed by atoms with Crippen molar-refractivity contribution in [1.29, 1.82) is 0 Å². The van der Waals surface area contributed by atoms with Crippen molar-refractivity contribution in [2.45, 2.75) is 37.6 Å². The van der Waals surface area contributed by atoms with Crippen molar-refractivity contribution < 1.29 is 22.7 Å². The Morgan fingerprint density at radius 3 is 2.55 bits per heavy atom. The smallest absolute Gasteiger partial charge is 0.335 e. The van der Waals surface area contributed by atoms with Crippen LogP contribution in [0.5, 0.6) is 0 Å². The molecule has 0 bridgehead atoms. The summed E-state index contributed by atoms with van der Waals surface area (Å²) in [4.78, 5) is 10.6. The van der Waals surface area contributed by atoms with E-state index in [-0.39, 0.29) is 22.1 Å². The largest absolute Gasteiger partial charge is 0.478 e. The maximum absolute atomic E-state index is 13.7. The lowest BCUT2D eigenvalue weighted by Crippen LogP contribution is -2.34. The fourth-order valence-corrected chi connectivity index (χ4v) is 3.65. The van der Waals surface area contributed by atoms with Crippen LogP contribution in [-0.4, -0.2) is 25.5 Å². The summed E-state index contributed by atoms with van der Waals surface area (Å²) in [6, 6.07) is 1.57. The molecule has 1 atom stereocenters. The molecular formula is C13H16FNO4S. The topological polar surface area (TPSA) is 83.5 Å². The molecular weight excluding hydrogens is 285 g/mol. The van der Waals surface area contributed by atoms with E-state index in [1.807, 2.05) is 0 Å². The molecule has 0 radical (unpaired) electrons. The Morgan fingerprint density at radius 1 is 1.45 bits per heavy atom. The Morgan fingerprint density at radius 2 is 2.05 bits per heavy atom. The summed E-state index contributed by atoms with van der Waals surface area (Å²) >= 11 is 0. The summed E-state index contributed by atoms with van der Waals surface area (Å²) in [6.07, 6.45) is 1.93. The average Bonchev–Trinajstić information content (AvgIpc) is 3.15. The molecule has 1 saturated carbocycles. The van der Waals surface area contributed by atoms with Crippen LogP contribution in [-0.2, 0) is 10.0 Å². The summed E-state index contributed by atoms with van der Waals surface area (Å²) in [7, 11) is -3.93. The predicted octanol–water partition coefficient (Wildman–Crippen LogP) is 1.91. The number of sulfonamides is 1. The molecule has 5 nitrogen and oxygen atoms in total. The Labute approximate surface area is 116 Å². The van der Waals surface area contributed by atoms with Gasteiger partial charge >= 0.3 is 5.97 Å². The van der Waals surface area contributed by atoms with Gasteiger partial charge in [-0.05, 0) is 44.7 Å². The molecule has 2 N–H and O–H groups in total. The van der Waals surface area contributed by atoms with Gasteiger partial charge in [0.1, 0.15) is 5.82 Å². The Kier molecular flexibility index (Phi) is 3.84. The maximum atomic E-state index is 13.7. The molecule has 1 aromatic carbocycles. The molecule has 0 aliphatic heterocycles. The van der Waals surface area contributed by atoms with Crippen molar-refractivity contribution in [2.24, 2.45) is 5.92 Å². The van der Waals surface area contributed by atoms with Crippen LogP contribution in [0.25, 0.3) is 0 Å². The van der Waals surface area contributed by atoms with E-state index in [2.05, 4.69) is 4.72 Å². The molecule has 2 rings (SSSR count). The molecule has 1 aliphatic carbocycles. The van der Waals surface area contributed by atoms with E-state index in [0.717, 1.165) is 25.0 Å². The van der Waals surface area contributed by atoms with Gasteiger partial charge in [-0.1, -0.05) is 0 Å². The average molecular weight is 301 g/mol. The lowest BCUT2D eigenvalue weighted by molar-refractivity contribution is 0.0696. The van der Waals surface area contributed by atoms with Crippen LogP contribution in [0.2, 0.25) is 0 Å². The van der Waals surface area contributed by atoms with Crippen molar-refractivity contribution in [2.75, 3.05) is 0 Å². The number of carboxylic acid groups (broad SMARTS) is 1. The van der Waals surface area contributed by atoms with E-state index in [4.69, 9.17) is 5.11 Å². The van der Waals surface area contributed by atoms with E-state index < -0.39 is 21.8 Å². The van der Waals surface area contributed by atoms with Crippen LogP contribution in [0.15, 0.2) is 17.0 Å². The second-order valence-electron chi connectivity index (χ2n) is 5.13. The number of rotatable bonds is 5. The summed E-state index contributed by atoms with van der Waals surface area (Å²) in [5.41, 5.74) is -0.460. The monoisotopic (exact) mass is 301 g/mol. The molecule has 0 heterocycles. The van der Waals surface area contributed by atoms with Crippen LogP contribution >= 0.6 is 0 Å². The number of nitrogens with one attached hydrogen (secondary N) is 1. The highest BCUT2D eigenvalue weighted by Gasteiger charge is 2.32. The van der Waals surface area contributed by atoms with E-state index in [1.165, 1.54) is 6.92 Å². The third-order valence-corrected chi connectivity index (χ3v) is 5.19. The van der Waals surface area contributed by atoms with Crippen molar-refractivity contribution in [1.82, 2.24) is 4.72 Å². The van der Waals surface area contributed by atoms with Crippen LogP contribution in [0.1, 0.15) is 35.7 Å². The Balaban J connectivity index is 2.41. The van der Waals surface area contributed by atoms with E-state index in [1.54, 1.807) is 6.92 Å². The van der Waals surface area contributed by atoms with Gasteiger partial charge in [0.25, 0.3) is 0 Å². The second kappa shape index (κ2) is 5.14. The molecule has 0 spiro atoms. The molecule has 20 heavy (non-hydrogen) atoms. The van der Waals surface area contributed by atoms with Crippen molar-refractivity contribution >= 4 is 16.0 Å². The fraction of sp³-hybridized carbons (Fsp3) is 0.462. The van der Waals surface area contributed by atoms with Crippen molar-refractivity contribution in [3.05, 3.63) is 29.1 Å². The lowest BCUT2D eigenvalue weighted by Gasteiger charge is -2.15. The number of hydrogen-bond acceptors (Lipinski definition) is 3. The highest BCUT2D eigenvalue weighted by molar-refractivity contribution is 7.89. The summed E-state index contributed by atoms with van der Waals surface area (Å²) in [5.74, 6) is -1.91. The van der Waals surface area contributed by atoms with Crippen LogP contribution in [0.3, 0.4) is 0 Å². The van der Waals surface area contributed by atoms with Gasteiger partial charge in [-0.15, -0.1) is 0 Å². The van der Waals surface area contributed by atoms with E-state index in [9.17, 15) is 17.6 Å². The van der Waals surface area contributed by atoms with Gasteiger partial charge in [0, 0.05) is 11.6 Å². The minimum Gasteiger partial charge on any atom is -0.478 e. The third kappa shape index (κ3) is 2.99. The highest BCUT2D eigenvalue weighted by atomic mass is 32.2. The van der Waals surface area contributed by atoms with E-state index in [0.29, 0.717) is 5.92 Å². The molecule has 1 aliphatic rings. The van der Waals surface area contributed by atoms with Gasteiger partial charge in [-0.25, -0.2) is 22.3 Å². The number of hydrogen-bond donors (Lipinski definition) is 2. The molecule has 7 heteroatoms. The molecule has 0 amide bonds. The quantitative estimate of drug-likeness (QED) is 0.870. The Bertz CT molecular complexity index is 653. The first-order valence-electron chi connectivity index (χ1n) is 6.28. The maximum Gasteiger partial charge on any atom is 0.335 e. The normalized spacial score (nSPS) is 16.9. The van der Waals surface area contributed by atoms with Crippen molar-refractivity contribution in [3.8, 4) is 0 Å². The zero-order valence-corrected chi connectivity index (χ0v) is 12.0. The number of carboxylic acids is 1. The summed E-state index contributed by atoms with van der Waals surface area (Å²) in [6.45, 7) is 3.07. The van der Waals surface area contributed by atoms with Crippen LogP contribution in [0, 0.1) is 18.7 Å². The molecule has 110 valence electrons. The molecule has 0 saturated heterocycles. The van der Waals surface area contributed by atoms with Gasteiger partial charge in [0.2, 0.25) is 10.0 Å². The SMILES string of the molecule is Cc1c(F)cc(C(=O)O)cc1S(=O)(=O)NC(C)C1CC1. The zero-order valence-electron chi connectivity index (χ0n) is 11.2. The number of carbonyl (C=O) groups is 1. The van der Waals surface area contributed by atoms with Crippen molar-refractivity contribution in [3.63, 3.8) is 0 Å². The minimum absolute atomic E-state index is 0.0782. The lowest BCUT2D eigenvalue weighted by atomic mass is 10.1. The molecule has 1 unspecified atom stereocenters. The first kappa shape index (κ1) is 14.9. The first-order chi connectivity index (χ1) is 9.22. The van der Waals surface area contributed by atoms with Gasteiger partial charge in [0.15, 0.2) is 0 Å². The first-order valence-corrected chi connectivity index (χ1v) is 7.76. The third-order valence-electron chi connectivity index (χ3n) is 3.50. The second-order valence-corrected chi connectivity index (χ2v) is 6.82. The minimum atomic E-state index is -3.93. The number of halogens is 1. The van der Waals surface area contributed by atoms with Crippen LogP contribution < -0.4 is 4.72 Å². The number of benzene rings is 1. The zero-order chi connectivity index (χ0) is 15.1.